The Morgan fingerprint density at radius 2 is 0.889 bits per heavy atom. The van der Waals surface area contributed by atoms with Gasteiger partial charge >= 0.3 is 0 Å². The monoisotopic (exact) mass is 632 g/mol. The van der Waals surface area contributed by atoms with E-state index in [4.69, 9.17) is 9.47 Å². The Hall–Kier alpha value is -0.640. The van der Waals surface area contributed by atoms with Crippen molar-refractivity contribution >= 4 is 0 Å². The molecule has 0 aliphatic carbocycles. The molecule has 1 fully saturated rings. The Morgan fingerprint density at radius 1 is 0.511 bits per heavy atom. The highest BCUT2D eigenvalue weighted by molar-refractivity contribution is 4.83. The van der Waals surface area contributed by atoms with Crippen LogP contribution in [0.2, 0.25) is 0 Å². The maximum Gasteiger partial charge on any atom is 0.168 e. The van der Waals surface area contributed by atoms with Crippen LogP contribution in [0.25, 0.3) is 0 Å². The summed E-state index contributed by atoms with van der Waals surface area (Å²) in [6.45, 7) is 6.52. The zero-order chi connectivity index (χ0) is 32.5. The van der Waals surface area contributed by atoms with E-state index in [2.05, 4.69) is 57.1 Å². The van der Waals surface area contributed by atoms with E-state index in [0.717, 1.165) is 32.4 Å². The summed E-state index contributed by atoms with van der Waals surface area (Å²) in [5, 5.41) is 0. The third-order valence-corrected chi connectivity index (χ3v) is 9.68. The predicted octanol–water partition coefficient (Wildman–Crippen LogP) is 13.5. The molecule has 0 N–H and O–H groups in total. The van der Waals surface area contributed by atoms with Crippen molar-refractivity contribution in [1.29, 1.82) is 0 Å². The summed E-state index contributed by atoms with van der Waals surface area (Å²) >= 11 is 0. The molecular weight excluding hydrogens is 550 g/mol. The van der Waals surface area contributed by atoms with Gasteiger partial charge in [-0.25, -0.2) is 0 Å². The molecular formula is C42H81NO2. The van der Waals surface area contributed by atoms with E-state index in [1.54, 1.807) is 0 Å². The van der Waals surface area contributed by atoms with Gasteiger partial charge in [0.1, 0.15) is 0 Å². The number of hydrogen-bond donors (Lipinski definition) is 0. The summed E-state index contributed by atoms with van der Waals surface area (Å²) in [6.07, 6.45) is 49.6. The number of unbranched alkanes of at least 4 members (excludes halogenated alkanes) is 22. The third-order valence-electron chi connectivity index (χ3n) is 9.68. The normalized spacial score (nSPS) is 16.7. The van der Waals surface area contributed by atoms with Gasteiger partial charge in [0.25, 0.3) is 0 Å². The number of hydrogen-bond acceptors (Lipinski definition) is 3. The van der Waals surface area contributed by atoms with Crippen LogP contribution in [0.15, 0.2) is 24.3 Å². The Morgan fingerprint density at radius 3 is 1.29 bits per heavy atom. The molecule has 1 aliphatic heterocycles. The first-order valence-electron chi connectivity index (χ1n) is 20.4. The lowest BCUT2D eigenvalue weighted by atomic mass is 9.99. The van der Waals surface area contributed by atoms with Gasteiger partial charge in [0, 0.05) is 12.8 Å². The first-order chi connectivity index (χ1) is 22.1. The van der Waals surface area contributed by atoms with E-state index in [0.29, 0.717) is 0 Å². The van der Waals surface area contributed by atoms with Crippen LogP contribution < -0.4 is 0 Å². The Kier molecular flexibility index (Phi) is 30.1. The van der Waals surface area contributed by atoms with Crippen LogP contribution in [0.1, 0.15) is 206 Å². The molecule has 1 saturated heterocycles. The summed E-state index contributed by atoms with van der Waals surface area (Å²) in [4.78, 5) is 2.28. The minimum Gasteiger partial charge on any atom is -0.347 e. The molecule has 0 aromatic rings. The molecule has 0 aromatic heterocycles. The summed E-state index contributed by atoms with van der Waals surface area (Å²) < 4.78 is 13.2. The highest BCUT2D eigenvalue weighted by Gasteiger charge is 2.40. The molecule has 0 amide bonds. The van der Waals surface area contributed by atoms with Gasteiger partial charge in [0.05, 0.1) is 12.7 Å². The Balaban J connectivity index is 2.18. The fraction of sp³-hybridized carbons (Fsp3) is 0.905. The van der Waals surface area contributed by atoms with E-state index < -0.39 is 0 Å². The predicted molar refractivity (Wildman–Crippen MR) is 200 cm³/mol. The van der Waals surface area contributed by atoms with Crippen LogP contribution in [0.3, 0.4) is 0 Å². The standard InChI is InChI=1S/C42H81NO2/c1-5-7-9-11-13-15-17-19-21-23-25-27-29-31-33-37-42(44-40-41(45-42)36-35-39-43(3)4)38-34-32-30-28-26-24-22-20-18-16-14-12-10-8-6-2/h19-22,41H,5-18,23-40H2,1-4H3/b21-19-,22-20-. The van der Waals surface area contributed by atoms with Crippen LogP contribution in [0.5, 0.6) is 0 Å². The fourth-order valence-corrected chi connectivity index (χ4v) is 6.71. The van der Waals surface area contributed by atoms with E-state index in [1.807, 2.05) is 0 Å². The van der Waals surface area contributed by atoms with E-state index in [9.17, 15) is 0 Å². The molecule has 0 radical (unpaired) electrons. The molecule has 0 bridgehead atoms. The third kappa shape index (κ3) is 27.1. The second-order valence-corrected chi connectivity index (χ2v) is 14.6. The van der Waals surface area contributed by atoms with Crippen LogP contribution in [0.4, 0.5) is 0 Å². The smallest absolute Gasteiger partial charge is 0.168 e. The summed E-state index contributed by atoms with van der Waals surface area (Å²) in [6, 6.07) is 0. The average molecular weight is 632 g/mol. The Bertz CT molecular complexity index is 617. The number of nitrogens with zero attached hydrogens (tertiary/aromatic N) is 1. The van der Waals surface area contributed by atoms with Gasteiger partial charge in [-0.15, -0.1) is 0 Å². The fourth-order valence-electron chi connectivity index (χ4n) is 6.71. The maximum atomic E-state index is 6.71. The quantitative estimate of drug-likeness (QED) is 0.0521. The lowest BCUT2D eigenvalue weighted by molar-refractivity contribution is -0.180. The van der Waals surface area contributed by atoms with Crippen molar-refractivity contribution in [2.45, 2.75) is 218 Å². The number of rotatable bonds is 34. The summed E-state index contributed by atoms with van der Waals surface area (Å²) in [5.41, 5.74) is 0. The van der Waals surface area contributed by atoms with Crippen LogP contribution in [-0.2, 0) is 9.47 Å². The topological polar surface area (TPSA) is 21.7 Å². The molecule has 3 heteroatoms. The van der Waals surface area contributed by atoms with Gasteiger partial charge in [-0.05, 0) is 97.7 Å². The van der Waals surface area contributed by atoms with Crippen LogP contribution in [-0.4, -0.2) is 44.0 Å². The van der Waals surface area contributed by atoms with Crippen molar-refractivity contribution in [3.05, 3.63) is 24.3 Å². The molecule has 0 spiro atoms. The van der Waals surface area contributed by atoms with Gasteiger partial charge in [0.15, 0.2) is 5.79 Å². The van der Waals surface area contributed by atoms with Gasteiger partial charge in [-0.3, -0.25) is 0 Å². The average Bonchev–Trinajstić information content (AvgIpc) is 3.43. The first-order valence-corrected chi connectivity index (χ1v) is 20.4. The molecule has 1 heterocycles. The maximum absolute atomic E-state index is 6.71. The molecule has 1 aliphatic rings. The van der Waals surface area contributed by atoms with Crippen molar-refractivity contribution in [2.75, 3.05) is 27.2 Å². The highest BCUT2D eigenvalue weighted by atomic mass is 16.7. The molecule has 1 atom stereocenters. The SMILES string of the molecule is CCCCCCCC/C=C\CCCCCCCC1(CCCCCCC/C=C\CCCCCCCC)OCC(CCCN(C)C)O1. The minimum atomic E-state index is -0.304. The largest absolute Gasteiger partial charge is 0.347 e. The summed E-state index contributed by atoms with van der Waals surface area (Å²) in [5.74, 6) is -0.304. The number of ether oxygens (including phenoxy) is 2. The van der Waals surface area contributed by atoms with Crippen molar-refractivity contribution in [1.82, 2.24) is 4.90 Å². The molecule has 45 heavy (non-hydrogen) atoms. The van der Waals surface area contributed by atoms with E-state index >= 15 is 0 Å². The van der Waals surface area contributed by atoms with E-state index in [1.165, 1.54) is 173 Å². The van der Waals surface area contributed by atoms with Crippen LogP contribution >= 0.6 is 0 Å². The zero-order valence-electron chi connectivity index (χ0n) is 31.3. The van der Waals surface area contributed by atoms with Gasteiger partial charge in [-0.1, -0.05) is 141 Å². The van der Waals surface area contributed by atoms with Gasteiger partial charge < -0.3 is 14.4 Å². The van der Waals surface area contributed by atoms with Crippen molar-refractivity contribution in [3.63, 3.8) is 0 Å². The van der Waals surface area contributed by atoms with Crippen LogP contribution in [0, 0.1) is 0 Å². The molecule has 266 valence electrons. The van der Waals surface area contributed by atoms with Gasteiger partial charge in [-0.2, -0.15) is 0 Å². The van der Waals surface area contributed by atoms with E-state index in [-0.39, 0.29) is 11.9 Å². The second kappa shape index (κ2) is 31.9. The lowest BCUT2D eigenvalue weighted by Crippen LogP contribution is -2.31. The molecule has 0 aromatic carbocycles. The second-order valence-electron chi connectivity index (χ2n) is 14.6. The molecule has 1 unspecified atom stereocenters. The molecule has 3 nitrogen and oxygen atoms in total. The van der Waals surface area contributed by atoms with Crippen molar-refractivity contribution in [2.24, 2.45) is 0 Å². The zero-order valence-corrected chi connectivity index (χ0v) is 31.3. The summed E-state index contributed by atoms with van der Waals surface area (Å²) in [7, 11) is 4.33. The van der Waals surface area contributed by atoms with Gasteiger partial charge in [0.2, 0.25) is 0 Å². The Labute approximate surface area is 283 Å². The lowest BCUT2D eigenvalue weighted by Gasteiger charge is -2.28. The van der Waals surface area contributed by atoms with Crippen molar-refractivity contribution < 1.29 is 9.47 Å². The molecule has 0 saturated carbocycles. The molecule has 1 rings (SSSR count). The first kappa shape index (κ1) is 42.4. The minimum absolute atomic E-state index is 0.288. The number of allylic oxidation sites excluding steroid dienone is 4. The highest BCUT2D eigenvalue weighted by Crippen LogP contribution is 2.36. The van der Waals surface area contributed by atoms with Crippen molar-refractivity contribution in [3.8, 4) is 0 Å².